The molecule has 1 N–H and O–H groups in total. The molecule has 6 rings (SSSR count). The molecular formula is C33H34N2O4. The molecule has 3 aromatic carbocycles. The van der Waals surface area contributed by atoms with E-state index in [2.05, 4.69) is 29.6 Å². The number of nitrogens with zero attached hydrogens (tertiary/aromatic N) is 1. The number of nitrogens with one attached hydrogen (secondary N) is 1. The van der Waals surface area contributed by atoms with E-state index in [1.165, 1.54) is 18.2 Å². The van der Waals surface area contributed by atoms with Gasteiger partial charge in [-0.2, -0.15) is 0 Å². The minimum absolute atomic E-state index is 0.0141. The molecule has 0 saturated heterocycles. The molecule has 0 radical (unpaired) electrons. The van der Waals surface area contributed by atoms with Crippen LogP contribution in [-0.2, 0) is 33.8 Å². The summed E-state index contributed by atoms with van der Waals surface area (Å²) in [5.41, 5.74) is 7.09. The minimum Gasteiger partial charge on any atom is -0.465 e. The molecule has 3 aliphatic rings. The number of amides is 2. The van der Waals surface area contributed by atoms with E-state index in [1.54, 1.807) is 6.07 Å². The summed E-state index contributed by atoms with van der Waals surface area (Å²) in [5, 5.41) is 3.18. The zero-order valence-electron chi connectivity index (χ0n) is 22.3. The maximum absolute atomic E-state index is 13.0. The van der Waals surface area contributed by atoms with Gasteiger partial charge in [0.05, 0.1) is 12.7 Å². The van der Waals surface area contributed by atoms with Crippen LogP contribution in [0.2, 0.25) is 0 Å². The SMILES string of the molecule is COC(=O)c1cccc(-c2ccc(CNC(=O)[C@@H]3C[C@@H]3c3ccccc3)c3c2CCN(C(=O)CC2CC2)C3)c1. The highest BCUT2D eigenvalue weighted by molar-refractivity contribution is 5.91. The summed E-state index contributed by atoms with van der Waals surface area (Å²) in [4.78, 5) is 40.2. The molecule has 2 saturated carbocycles. The molecule has 6 nitrogen and oxygen atoms in total. The van der Waals surface area contributed by atoms with Crippen LogP contribution in [0, 0.1) is 11.8 Å². The van der Waals surface area contributed by atoms with E-state index in [0.29, 0.717) is 43.5 Å². The van der Waals surface area contributed by atoms with Gasteiger partial charge in [-0.05, 0) is 83.0 Å². The minimum atomic E-state index is -0.365. The summed E-state index contributed by atoms with van der Waals surface area (Å²) in [7, 11) is 1.39. The second-order valence-electron chi connectivity index (χ2n) is 11.1. The molecule has 200 valence electrons. The first kappa shape index (κ1) is 25.4. The first-order chi connectivity index (χ1) is 19.0. The first-order valence-corrected chi connectivity index (χ1v) is 13.9. The van der Waals surface area contributed by atoms with Crippen molar-refractivity contribution in [3.05, 3.63) is 94.5 Å². The second-order valence-corrected chi connectivity index (χ2v) is 11.1. The predicted molar refractivity (Wildman–Crippen MR) is 149 cm³/mol. The van der Waals surface area contributed by atoms with Crippen LogP contribution in [0.4, 0.5) is 0 Å². The van der Waals surface area contributed by atoms with Crippen LogP contribution in [0.5, 0.6) is 0 Å². The van der Waals surface area contributed by atoms with E-state index < -0.39 is 0 Å². The lowest BCUT2D eigenvalue weighted by Crippen LogP contribution is -2.37. The maximum Gasteiger partial charge on any atom is 0.337 e. The molecule has 2 amide bonds. The van der Waals surface area contributed by atoms with Gasteiger partial charge in [0.25, 0.3) is 0 Å². The van der Waals surface area contributed by atoms with Crippen LogP contribution >= 0.6 is 0 Å². The number of carbonyl (C=O) groups is 3. The third kappa shape index (κ3) is 5.47. The largest absolute Gasteiger partial charge is 0.465 e. The van der Waals surface area contributed by atoms with E-state index in [1.807, 2.05) is 41.3 Å². The Morgan fingerprint density at radius 2 is 1.79 bits per heavy atom. The van der Waals surface area contributed by atoms with Crippen molar-refractivity contribution in [1.82, 2.24) is 10.2 Å². The number of hydrogen-bond acceptors (Lipinski definition) is 4. The summed E-state index contributed by atoms with van der Waals surface area (Å²) in [6.07, 6.45) is 4.56. The molecule has 1 aliphatic heterocycles. The van der Waals surface area contributed by atoms with Crippen molar-refractivity contribution in [1.29, 1.82) is 0 Å². The average molecular weight is 523 g/mol. The number of esters is 1. The van der Waals surface area contributed by atoms with Gasteiger partial charge in [0.2, 0.25) is 11.8 Å². The highest BCUT2D eigenvalue weighted by atomic mass is 16.5. The molecule has 2 atom stereocenters. The van der Waals surface area contributed by atoms with Crippen LogP contribution in [-0.4, -0.2) is 36.3 Å². The Morgan fingerprint density at radius 1 is 0.974 bits per heavy atom. The van der Waals surface area contributed by atoms with Gasteiger partial charge in [-0.1, -0.05) is 54.6 Å². The van der Waals surface area contributed by atoms with Gasteiger partial charge in [0, 0.05) is 32.0 Å². The number of benzene rings is 3. The molecule has 0 bridgehead atoms. The van der Waals surface area contributed by atoms with E-state index >= 15 is 0 Å². The molecule has 39 heavy (non-hydrogen) atoms. The Balaban J connectivity index is 1.25. The highest BCUT2D eigenvalue weighted by Crippen LogP contribution is 2.47. The van der Waals surface area contributed by atoms with Crippen LogP contribution in [0.25, 0.3) is 11.1 Å². The summed E-state index contributed by atoms with van der Waals surface area (Å²) in [5.74, 6) is 0.794. The monoisotopic (exact) mass is 522 g/mol. The number of carbonyl (C=O) groups excluding carboxylic acids is 3. The quantitative estimate of drug-likeness (QED) is 0.411. The standard InChI is InChI=1S/C33H34N2O4/c1-39-33(38)24-9-5-8-23(17-24)26-13-12-25(19-34-32(37)29-18-28(29)22-6-3-2-4-7-22)30-20-35(15-14-27(26)30)31(36)16-21-10-11-21/h2-9,12-13,17,21,28-29H,10-11,14-16,18-20H2,1H3,(H,34,37)/t28-,29-/m1/s1. The lowest BCUT2D eigenvalue weighted by molar-refractivity contribution is -0.132. The Hall–Kier alpha value is -3.93. The Kier molecular flexibility index (Phi) is 6.94. The lowest BCUT2D eigenvalue weighted by Gasteiger charge is -2.32. The van der Waals surface area contributed by atoms with Gasteiger partial charge in [0.1, 0.15) is 0 Å². The molecule has 3 aromatic rings. The number of methoxy groups -OCH3 is 1. The molecule has 2 aliphatic carbocycles. The van der Waals surface area contributed by atoms with Crippen molar-refractivity contribution < 1.29 is 19.1 Å². The van der Waals surface area contributed by atoms with Crippen molar-refractivity contribution in [3.63, 3.8) is 0 Å². The summed E-state index contributed by atoms with van der Waals surface area (Å²) in [6, 6.07) is 21.9. The molecule has 0 unspecified atom stereocenters. The molecular weight excluding hydrogens is 488 g/mol. The van der Waals surface area contributed by atoms with Crippen LogP contribution in [0.3, 0.4) is 0 Å². The summed E-state index contributed by atoms with van der Waals surface area (Å²) < 4.78 is 4.93. The van der Waals surface area contributed by atoms with E-state index in [0.717, 1.165) is 47.9 Å². The smallest absolute Gasteiger partial charge is 0.337 e. The Bertz CT molecular complexity index is 1410. The third-order valence-electron chi connectivity index (χ3n) is 8.42. The van der Waals surface area contributed by atoms with Gasteiger partial charge >= 0.3 is 5.97 Å². The van der Waals surface area contributed by atoms with Crippen molar-refractivity contribution in [2.75, 3.05) is 13.7 Å². The third-order valence-corrected chi connectivity index (χ3v) is 8.42. The molecule has 0 spiro atoms. The topological polar surface area (TPSA) is 75.7 Å². The van der Waals surface area contributed by atoms with E-state index in [9.17, 15) is 14.4 Å². The fourth-order valence-electron chi connectivity index (χ4n) is 5.89. The van der Waals surface area contributed by atoms with Crippen molar-refractivity contribution >= 4 is 17.8 Å². The van der Waals surface area contributed by atoms with Gasteiger partial charge < -0.3 is 15.0 Å². The Morgan fingerprint density at radius 3 is 2.56 bits per heavy atom. The van der Waals surface area contributed by atoms with Crippen molar-refractivity contribution in [2.45, 2.75) is 51.1 Å². The molecule has 1 heterocycles. The van der Waals surface area contributed by atoms with Crippen molar-refractivity contribution in [3.8, 4) is 11.1 Å². The first-order valence-electron chi connectivity index (χ1n) is 13.9. The Labute approximate surface area is 229 Å². The predicted octanol–water partition coefficient (Wildman–Crippen LogP) is 5.24. The lowest BCUT2D eigenvalue weighted by atomic mass is 9.87. The number of hydrogen-bond donors (Lipinski definition) is 1. The second kappa shape index (κ2) is 10.7. The normalized spacial score (nSPS) is 19.7. The number of ether oxygens (including phenoxy) is 1. The van der Waals surface area contributed by atoms with Gasteiger partial charge in [-0.15, -0.1) is 0 Å². The number of rotatable bonds is 8. The average Bonchev–Trinajstić information content (AvgIpc) is 3.91. The van der Waals surface area contributed by atoms with Gasteiger partial charge in [0.15, 0.2) is 0 Å². The van der Waals surface area contributed by atoms with Crippen molar-refractivity contribution in [2.24, 2.45) is 11.8 Å². The summed E-state index contributed by atoms with van der Waals surface area (Å²) >= 11 is 0. The highest BCUT2D eigenvalue weighted by Gasteiger charge is 2.43. The van der Waals surface area contributed by atoms with E-state index in [4.69, 9.17) is 4.74 Å². The zero-order valence-corrected chi connectivity index (χ0v) is 22.3. The molecule has 0 aromatic heterocycles. The van der Waals surface area contributed by atoms with E-state index in [-0.39, 0.29) is 23.7 Å². The fraction of sp³-hybridized carbons (Fsp3) is 0.364. The maximum atomic E-state index is 13.0. The van der Waals surface area contributed by atoms with Gasteiger partial charge in [-0.3, -0.25) is 9.59 Å². The molecule has 2 fully saturated rings. The van der Waals surface area contributed by atoms with Gasteiger partial charge in [-0.25, -0.2) is 4.79 Å². The molecule has 6 heteroatoms. The van der Waals surface area contributed by atoms with Crippen LogP contribution in [0.1, 0.15) is 64.2 Å². The van der Waals surface area contributed by atoms with Crippen LogP contribution < -0.4 is 5.32 Å². The summed E-state index contributed by atoms with van der Waals surface area (Å²) in [6.45, 7) is 1.66. The zero-order chi connectivity index (χ0) is 26.9. The number of fused-ring (bicyclic) bond motifs is 1. The fourth-order valence-corrected chi connectivity index (χ4v) is 5.89. The van der Waals surface area contributed by atoms with Crippen LogP contribution in [0.15, 0.2) is 66.7 Å².